The first-order valence-electron chi connectivity index (χ1n) is 4.98. The van der Waals surface area contributed by atoms with Crippen molar-refractivity contribution in [3.8, 4) is 5.75 Å². The topological polar surface area (TPSA) is 115 Å². The van der Waals surface area contributed by atoms with E-state index in [-0.39, 0.29) is 10.8 Å². The Bertz CT molecular complexity index is 565. The molecule has 0 fully saturated rings. The van der Waals surface area contributed by atoms with E-state index in [1.54, 1.807) is 13.8 Å². The monoisotopic (exact) mass is 273 g/mol. The van der Waals surface area contributed by atoms with Crippen molar-refractivity contribution in [2.24, 2.45) is 0 Å². The molecule has 18 heavy (non-hydrogen) atoms. The van der Waals surface area contributed by atoms with Crippen LogP contribution in [-0.2, 0) is 4.79 Å². The Kier molecular flexibility index (Phi) is 3.97. The highest BCUT2D eigenvalue weighted by Crippen LogP contribution is 2.15. The van der Waals surface area contributed by atoms with Crippen LogP contribution in [0.25, 0.3) is 0 Å². The summed E-state index contributed by atoms with van der Waals surface area (Å²) in [6, 6.07) is -0.215. The molecule has 0 bridgehead atoms. The first-order valence-corrected chi connectivity index (χ1v) is 5.36. The molecule has 1 heterocycles. The van der Waals surface area contributed by atoms with Crippen LogP contribution in [-0.4, -0.2) is 32.7 Å². The molecule has 0 atom stereocenters. The predicted octanol–water partition coefficient (Wildman–Crippen LogP) is 0.337. The van der Waals surface area contributed by atoms with E-state index >= 15 is 0 Å². The van der Waals surface area contributed by atoms with Gasteiger partial charge >= 0.3 is 0 Å². The minimum Gasteiger partial charge on any atom is -0.503 e. The lowest BCUT2D eigenvalue weighted by atomic mass is 10.2. The second-order valence-corrected chi connectivity index (χ2v) is 4.23. The maximum atomic E-state index is 11.6. The van der Waals surface area contributed by atoms with Gasteiger partial charge in [0.15, 0.2) is 5.75 Å². The summed E-state index contributed by atoms with van der Waals surface area (Å²) < 4.78 is 0.265. The van der Waals surface area contributed by atoms with Gasteiger partial charge in [0.1, 0.15) is 16.4 Å². The Hall–Kier alpha value is -2.02. The molecule has 0 spiro atoms. The Morgan fingerprint density at radius 3 is 2.61 bits per heavy atom. The Balaban J connectivity index is 3.26. The highest BCUT2D eigenvalue weighted by Gasteiger charge is 2.22. The molecule has 98 valence electrons. The summed E-state index contributed by atoms with van der Waals surface area (Å²) in [6.45, 7) is 3.38. The maximum Gasteiger partial charge on any atom is 0.271 e. The summed E-state index contributed by atoms with van der Waals surface area (Å²) >= 11 is 5.61. The SMILES string of the molecule is CC(C)NC(=O)C(=N)c1c(Cl)c(=O)c(O)cn1O. The summed E-state index contributed by atoms with van der Waals surface area (Å²) in [5, 5.41) is 28.0. The van der Waals surface area contributed by atoms with Gasteiger partial charge in [0.25, 0.3) is 5.91 Å². The van der Waals surface area contributed by atoms with Crippen molar-refractivity contribution in [3.05, 3.63) is 27.1 Å². The first-order chi connectivity index (χ1) is 8.25. The van der Waals surface area contributed by atoms with Gasteiger partial charge in [-0.25, -0.2) is 0 Å². The Morgan fingerprint density at radius 1 is 1.56 bits per heavy atom. The predicted molar refractivity (Wildman–Crippen MR) is 64.7 cm³/mol. The number of hydrogen-bond acceptors (Lipinski definition) is 5. The van der Waals surface area contributed by atoms with E-state index in [0.29, 0.717) is 6.20 Å². The molecule has 1 aromatic heterocycles. The van der Waals surface area contributed by atoms with Crippen LogP contribution in [0.2, 0.25) is 5.02 Å². The molecule has 1 aromatic rings. The van der Waals surface area contributed by atoms with Crippen molar-refractivity contribution in [1.82, 2.24) is 10.0 Å². The lowest BCUT2D eigenvalue weighted by Gasteiger charge is -2.12. The van der Waals surface area contributed by atoms with Gasteiger partial charge in [-0.3, -0.25) is 15.0 Å². The van der Waals surface area contributed by atoms with E-state index < -0.39 is 33.5 Å². The van der Waals surface area contributed by atoms with E-state index in [9.17, 15) is 14.8 Å². The Labute approximate surface area is 107 Å². The smallest absolute Gasteiger partial charge is 0.271 e. The summed E-state index contributed by atoms with van der Waals surface area (Å²) in [4.78, 5) is 22.9. The number of nitrogens with zero attached hydrogens (tertiary/aromatic N) is 1. The van der Waals surface area contributed by atoms with Crippen LogP contribution in [0.1, 0.15) is 19.5 Å². The van der Waals surface area contributed by atoms with Crippen molar-refractivity contribution in [3.63, 3.8) is 0 Å². The third-order valence-electron chi connectivity index (χ3n) is 2.00. The highest BCUT2D eigenvalue weighted by atomic mass is 35.5. The van der Waals surface area contributed by atoms with Gasteiger partial charge in [-0.1, -0.05) is 11.6 Å². The van der Waals surface area contributed by atoms with Crippen LogP contribution in [0.4, 0.5) is 0 Å². The molecule has 7 nitrogen and oxygen atoms in total. The summed E-state index contributed by atoms with van der Waals surface area (Å²) in [5.74, 6) is -1.57. The molecule has 0 aromatic carbocycles. The van der Waals surface area contributed by atoms with Crippen LogP contribution in [0.15, 0.2) is 11.0 Å². The molecular weight excluding hydrogens is 262 g/mol. The van der Waals surface area contributed by atoms with E-state index in [4.69, 9.17) is 22.1 Å². The van der Waals surface area contributed by atoms with E-state index in [0.717, 1.165) is 0 Å². The Morgan fingerprint density at radius 2 is 2.11 bits per heavy atom. The minimum atomic E-state index is -0.959. The maximum absolute atomic E-state index is 11.6. The van der Waals surface area contributed by atoms with Gasteiger partial charge in [-0.15, -0.1) is 0 Å². The lowest BCUT2D eigenvalue weighted by molar-refractivity contribution is -0.115. The molecule has 1 amide bonds. The molecule has 0 aliphatic carbocycles. The number of aromatic nitrogens is 1. The van der Waals surface area contributed by atoms with Crippen molar-refractivity contribution in [2.75, 3.05) is 0 Å². The quantitative estimate of drug-likeness (QED) is 0.469. The van der Waals surface area contributed by atoms with Crippen LogP contribution in [0.3, 0.4) is 0 Å². The molecule has 0 saturated heterocycles. The third-order valence-corrected chi connectivity index (χ3v) is 2.35. The van der Waals surface area contributed by atoms with Gasteiger partial charge in [0.05, 0.1) is 6.20 Å². The van der Waals surface area contributed by atoms with Gasteiger partial charge < -0.3 is 15.6 Å². The molecule has 0 aliphatic heterocycles. The standard InChI is InChI=1S/C10H12ClN3O4/c1-4(2)13-10(17)7(12)8-6(11)9(16)5(15)3-14(8)18/h3-4,12,15,18H,1-2H3,(H,13,17). The number of carbonyl (C=O) groups excluding carboxylic acids is 1. The van der Waals surface area contributed by atoms with Crippen molar-refractivity contribution < 1.29 is 15.1 Å². The van der Waals surface area contributed by atoms with Crippen molar-refractivity contribution >= 4 is 23.2 Å². The number of aromatic hydroxyl groups is 1. The zero-order valence-corrected chi connectivity index (χ0v) is 10.4. The van der Waals surface area contributed by atoms with Crippen LogP contribution < -0.4 is 10.7 Å². The van der Waals surface area contributed by atoms with Gasteiger partial charge in [-0.2, -0.15) is 4.73 Å². The molecule has 0 saturated carbocycles. The zero-order chi connectivity index (χ0) is 14.0. The molecule has 8 heteroatoms. The third kappa shape index (κ3) is 2.62. The van der Waals surface area contributed by atoms with Crippen molar-refractivity contribution in [1.29, 1.82) is 5.41 Å². The molecule has 0 radical (unpaired) electrons. The second kappa shape index (κ2) is 5.09. The summed E-state index contributed by atoms with van der Waals surface area (Å²) in [5.41, 5.74) is -2.11. The molecule has 0 unspecified atom stereocenters. The molecule has 4 N–H and O–H groups in total. The van der Waals surface area contributed by atoms with E-state index in [2.05, 4.69) is 5.32 Å². The second-order valence-electron chi connectivity index (χ2n) is 3.85. The number of nitrogens with one attached hydrogen (secondary N) is 2. The van der Waals surface area contributed by atoms with E-state index in [1.165, 1.54) is 0 Å². The van der Waals surface area contributed by atoms with Gasteiger partial charge in [0, 0.05) is 6.04 Å². The van der Waals surface area contributed by atoms with Gasteiger partial charge in [-0.05, 0) is 13.8 Å². The fourth-order valence-electron chi connectivity index (χ4n) is 1.23. The van der Waals surface area contributed by atoms with Crippen LogP contribution in [0.5, 0.6) is 5.75 Å². The summed E-state index contributed by atoms with van der Waals surface area (Å²) in [7, 11) is 0. The fraction of sp³-hybridized carbons (Fsp3) is 0.300. The molecular formula is C10H12ClN3O4. The number of halogens is 1. The molecule has 1 rings (SSSR count). The van der Waals surface area contributed by atoms with Gasteiger partial charge in [0.2, 0.25) is 5.43 Å². The van der Waals surface area contributed by atoms with Crippen molar-refractivity contribution in [2.45, 2.75) is 19.9 Å². The number of rotatable bonds is 3. The highest BCUT2D eigenvalue weighted by molar-refractivity contribution is 6.47. The average molecular weight is 274 g/mol. The number of amides is 1. The summed E-state index contributed by atoms with van der Waals surface area (Å²) in [6.07, 6.45) is 0.667. The number of pyridine rings is 1. The normalized spacial score (nSPS) is 10.4. The largest absolute Gasteiger partial charge is 0.503 e. The zero-order valence-electron chi connectivity index (χ0n) is 9.69. The average Bonchev–Trinajstić information content (AvgIpc) is 2.25. The van der Waals surface area contributed by atoms with Crippen LogP contribution >= 0.6 is 11.6 Å². The number of carbonyl (C=O) groups is 1. The molecule has 0 aliphatic rings. The fourth-order valence-corrected chi connectivity index (χ4v) is 1.50. The lowest BCUT2D eigenvalue weighted by Crippen LogP contribution is -2.37. The first kappa shape index (κ1) is 14.0. The van der Waals surface area contributed by atoms with Crippen LogP contribution in [0, 0.1) is 5.41 Å². The number of hydrogen-bond donors (Lipinski definition) is 4. The minimum absolute atomic E-state index is 0.215. The van der Waals surface area contributed by atoms with E-state index in [1.807, 2.05) is 0 Å².